The molecule has 0 amide bonds. The molecule has 1 aromatic carbocycles. The summed E-state index contributed by atoms with van der Waals surface area (Å²) < 4.78 is 5.35. The molecule has 6 heteroatoms. The van der Waals surface area contributed by atoms with Crippen molar-refractivity contribution in [3.05, 3.63) is 28.2 Å². The van der Waals surface area contributed by atoms with Crippen LogP contribution in [0.5, 0.6) is 0 Å². The number of esters is 1. The molecule has 0 saturated heterocycles. The molecule has 1 rings (SSSR count). The van der Waals surface area contributed by atoms with Crippen LogP contribution in [-0.4, -0.2) is 30.5 Å². The minimum Gasteiger partial charge on any atom is -0.464 e. The minimum absolute atomic E-state index is 0.110. The van der Waals surface area contributed by atoms with E-state index in [1.165, 1.54) is 7.11 Å². The highest BCUT2D eigenvalue weighted by Crippen LogP contribution is 2.23. The maximum Gasteiger partial charge on any atom is 0.353 e. The van der Waals surface area contributed by atoms with Crippen LogP contribution in [0.15, 0.2) is 27.8 Å². The predicted octanol–water partition coefficient (Wildman–Crippen LogP) is 1.94. The molecule has 0 heterocycles. The first-order chi connectivity index (χ1) is 8.58. The highest BCUT2D eigenvalue weighted by Gasteiger charge is 2.05. The van der Waals surface area contributed by atoms with Gasteiger partial charge in [-0.05, 0) is 47.0 Å². The van der Waals surface area contributed by atoms with E-state index in [4.69, 9.17) is 5.11 Å². The third-order valence-corrected chi connectivity index (χ3v) is 2.91. The Labute approximate surface area is 114 Å². The van der Waals surface area contributed by atoms with Gasteiger partial charge in [0.05, 0.1) is 12.8 Å². The number of anilines is 1. The van der Waals surface area contributed by atoms with E-state index < -0.39 is 5.97 Å². The number of ether oxygens (including phenoxy) is 1. The molecule has 0 radical (unpaired) electrons. The number of hydrogen-bond donors (Lipinski definition) is 2. The zero-order valence-electron chi connectivity index (χ0n) is 10.2. The van der Waals surface area contributed by atoms with Crippen molar-refractivity contribution in [3.63, 3.8) is 0 Å². The summed E-state index contributed by atoms with van der Waals surface area (Å²) in [5.74, 6) is -0.476. The molecular formula is C12H15BrN2O3. The van der Waals surface area contributed by atoms with Crippen molar-refractivity contribution in [1.29, 1.82) is 0 Å². The highest BCUT2D eigenvalue weighted by molar-refractivity contribution is 9.10. The molecule has 0 aliphatic rings. The fourth-order valence-electron chi connectivity index (χ4n) is 1.27. The van der Waals surface area contributed by atoms with E-state index in [-0.39, 0.29) is 12.3 Å². The minimum atomic E-state index is -0.476. The Kier molecular flexibility index (Phi) is 5.80. The van der Waals surface area contributed by atoms with E-state index in [1.807, 2.05) is 18.2 Å². The number of aliphatic hydroxyl groups is 1. The van der Waals surface area contributed by atoms with Gasteiger partial charge in [-0.1, -0.05) is 6.07 Å². The Bertz CT molecular complexity index is 461. The van der Waals surface area contributed by atoms with E-state index in [0.29, 0.717) is 6.42 Å². The third kappa shape index (κ3) is 4.12. The Morgan fingerprint density at radius 2 is 2.28 bits per heavy atom. The summed E-state index contributed by atoms with van der Waals surface area (Å²) in [6.07, 6.45) is 0.601. The number of carbonyl (C=O) groups is 1. The van der Waals surface area contributed by atoms with Crippen molar-refractivity contribution < 1.29 is 14.6 Å². The summed E-state index contributed by atoms with van der Waals surface area (Å²) in [5.41, 5.74) is 4.77. The molecule has 2 N–H and O–H groups in total. The second-order valence-corrected chi connectivity index (χ2v) is 4.44. The molecule has 0 aliphatic carbocycles. The fraction of sp³-hybridized carbons (Fsp3) is 0.333. The number of benzene rings is 1. The quantitative estimate of drug-likeness (QED) is 0.495. The van der Waals surface area contributed by atoms with Crippen molar-refractivity contribution in [2.75, 3.05) is 19.1 Å². The first kappa shape index (κ1) is 14.7. The van der Waals surface area contributed by atoms with Crippen molar-refractivity contribution in [1.82, 2.24) is 0 Å². The number of hydrazone groups is 1. The second kappa shape index (κ2) is 7.13. The summed E-state index contributed by atoms with van der Waals surface area (Å²) in [6, 6.07) is 5.59. The maximum absolute atomic E-state index is 11.1. The molecule has 0 aromatic heterocycles. The maximum atomic E-state index is 11.1. The Morgan fingerprint density at radius 1 is 1.56 bits per heavy atom. The number of carbonyl (C=O) groups excluding carboxylic acids is 1. The Balaban J connectivity index is 2.77. The first-order valence-electron chi connectivity index (χ1n) is 5.36. The number of methoxy groups -OCH3 is 1. The molecule has 0 bridgehead atoms. The molecule has 0 spiro atoms. The van der Waals surface area contributed by atoms with Gasteiger partial charge < -0.3 is 9.84 Å². The zero-order chi connectivity index (χ0) is 13.5. The van der Waals surface area contributed by atoms with Crippen molar-refractivity contribution in [2.24, 2.45) is 5.10 Å². The van der Waals surface area contributed by atoms with Crippen LogP contribution < -0.4 is 5.43 Å². The smallest absolute Gasteiger partial charge is 0.353 e. The highest BCUT2D eigenvalue weighted by atomic mass is 79.9. The van der Waals surface area contributed by atoms with Crippen molar-refractivity contribution in [2.45, 2.75) is 13.3 Å². The van der Waals surface area contributed by atoms with Crippen LogP contribution in [0.4, 0.5) is 5.69 Å². The Hall–Kier alpha value is -1.40. The van der Waals surface area contributed by atoms with Gasteiger partial charge in [-0.25, -0.2) is 4.79 Å². The summed E-state index contributed by atoms with van der Waals surface area (Å²) in [6.45, 7) is 1.67. The van der Waals surface area contributed by atoms with Gasteiger partial charge in [0.1, 0.15) is 5.71 Å². The number of halogens is 1. The van der Waals surface area contributed by atoms with Gasteiger partial charge in [0.25, 0.3) is 0 Å². The number of nitrogens with one attached hydrogen (secondary N) is 1. The number of hydrogen-bond acceptors (Lipinski definition) is 5. The van der Waals surface area contributed by atoms with Gasteiger partial charge in [-0.3, -0.25) is 5.43 Å². The number of nitrogens with zero attached hydrogens (tertiary/aromatic N) is 1. The van der Waals surface area contributed by atoms with Crippen molar-refractivity contribution in [3.8, 4) is 0 Å². The summed E-state index contributed by atoms with van der Waals surface area (Å²) in [5, 5.41) is 12.8. The molecule has 1 aromatic rings. The molecule has 0 atom stereocenters. The number of aliphatic hydroxyl groups excluding tert-OH is 1. The summed E-state index contributed by atoms with van der Waals surface area (Å²) in [4.78, 5) is 11.1. The predicted molar refractivity (Wildman–Crippen MR) is 73.7 cm³/mol. The molecular weight excluding hydrogens is 300 g/mol. The van der Waals surface area contributed by atoms with Crippen LogP contribution in [0, 0.1) is 0 Å². The fourth-order valence-corrected chi connectivity index (χ4v) is 1.79. The van der Waals surface area contributed by atoms with Crippen LogP contribution in [0.2, 0.25) is 0 Å². The molecule has 98 valence electrons. The van der Waals surface area contributed by atoms with Crippen molar-refractivity contribution >= 4 is 33.3 Å². The van der Waals surface area contributed by atoms with Gasteiger partial charge >= 0.3 is 5.97 Å². The lowest BCUT2D eigenvalue weighted by atomic mass is 10.1. The van der Waals surface area contributed by atoms with Gasteiger partial charge in [0.2, 0.25) is 0 Å². The SMILES string of the molecule is COC(=O)/C(C)=N/Nc1ccc(CCO)cc1Br. The average Bonchev–Trinajstić information content (AvgIpc) is 2.36. The van der Waals surface area contributed by atoms with E-state index in [0.717, 1.165) is 15.7 Å². The summed E-state index contributed by atoms with van der Waals surface area (Å²) in [7, 11) is 1.31. The molecule has 0 fully saturated rings. The number of rotatable bonds is 5. The molecule has 0 unspecified atom stereocenters. The van der Waals surface area contributed by atoms with E-state index in [9.17, 15) is 4.79 Å². The van der Waals surface area contributed by atoms with Crippen LogP contribution in [0.3, 0.4) is 0 Å². The zero-order valence-corrected chi connectivity index (χ0v) is 11.8. The van der Waals surface area contributed by atoms with Crippen LogP contribution in [-0.2, 0) is 16.0 Å². The second-order valence-electron chi connectivity index (χ2n) is 3.59. The molecule has 0 saturated carbocycles. The topological polar surface area (TPSA) is 70.9 Å². The van der Waals surface area contributed by atoms with E-state index in [1.54, 1.807) is 6.92 Å². The van der Waals surface area contributed by atoms with Gasteiger partial charge in [-0.2, -0.15) is 5.10 Å². The van der Waals surface area contributed by atoms with Crippen LogP contribution in [0.1, 0.15) is 12.5 Å². The monoisotopic (exact) mass is 314 g/mol. The normalized spacial score (nSPS) is 11.2. The standard InChI is InChI=1S/C12H15BrN2O3/c1-8(12(17)18-2)14-15-11-4-3-9(5-6-16)7-10(11)13/h3-4,7,15-16H,5-6H2,1-2H3/b14-8+. The lowest BCUT2D eigenvalue weighted by Crippen LogP contribution is -2.13. The molecule has 0 aliphatic heterocycles. The van der Waals surface area contributed by atoms with Gasteiger partial charge in [0.15, 0.2) is 0 Å². The average molecular weight is 315 g/mol. The molecule has 18 heavy (non-hydrogen) atoms. The van der Waals surface area contributed by atoms with E-state index in [2.05, 4.69) is 31.2 Å². The largest absolute Gasteiger partial charge is 0.464 e. The van der Waals surface area contributed by atoms with E-state index >= 15 is 0 Å². The Morgan fingerprint density at radius 3 is 2.83 bits per heavy atom. The first-order valence-corrected chi connectivity index (χ1v) is 6.15. The van der Waals surface area contributed by atoms with Gasteiger partial charge in [0, 0.05) is 11.1 Å². The van der Waals surface area contributed by atoms with Crippen LogP contribution >= 0.6 is 15.9 Å². The lowest BCUT2D eigenvalue weighted by molar-refractivity contribution is -0.132. The van der Waals surface area contributed by atoms with Gasteiger partial charge in [-0.15, -0.1) is 0 Å². The summed E-state index contributed by atoms with van der Waals surface area (Å²) >= 11 is 3.39. The third-order valence-electron chi connectivity index (χ3n) is 2.26. The molecule has 5 nitrogen and oxygen atoms in total. The lowest BCUT2D eigenvalue weighted by Gasteiger charge is -2.06. The van der Waals surface area contributed by atoms with Crippen LogP contribution in [0.25, 0.3) is 0 Å².